The van der Waals surface area contributed by atoms with Crippen LogP contribution in [0.4, 0.5) is 13.2 Å². The van der Waals surface area contributed by atoms with Gasteiger partial charge in [0.25, 0.3) is 0 Å². The van der Waals surface area contributed by atoms with Gasteiger partial charge in [-0.05, 0) is 0 Å². The van der Waals surface area contributed by atoms with Crippen LogP contribution in [0.25, 0.3) is 0 Å². The summed E-state index contributed by atoms with van der Waals surface area (Å²) in [6.07, 6.45) is -2.57. The minimum atomic E-state index is -2.57. The molecule has 0 saturated heterocycles. The lowest BCUT2D eigenvalue weighted by atomic mass is 10.5. The normalized spacial score (nSPS) is 9.21. The van der Waals surface area contributed by atoms with E-state index in [1.54, 1.807) is 0 Å². The zero-order valence-corrected chi connectivity index (χ0v) is 7.51. The van der Waals surface area contributed by atoms with Gasteiger partial charge >= 0.3 is 18.0 Å². The number of amides is 1. The van der Waals surface area contributed by atoms with Crippen LogP contribution in [-0.2, 0) is 14.3 Å². The summed E-state index contributed by atoms with van der Waals surface area (Å²) in [5.74, 6) is -4.30. The molecule has 0 atom stereocenters. The standard InChI is InChI=1S/C7H8F3NO3/c1-11(2)6(12)7(13)14-3-4(8)5(9)10/h3H2,1-2H3. The van der Waals surface area contributed by atoms with Gasteiger partial charge in [0.15, 0.2) is 0 Å². The maximum absolute atomic E-state index is 12.1. The summed E-state index contributed by atoms with van der Waals surface area (Å²) in [5, 5.41) is 0. The minimum absolute atomic E-state index is 0.885. The first-order chi connectivity index (χ1) is 6.36. The van der Waals surface area contributed by atoms with Crippen LogP contribution in [0.15, 0.2) is 11.9 Å². The second-order valence-corrected chi connectivity index (χ2v) is 2.44. The first-order valence-electron chi connectivity index (χ1n) is 3.44. The van der Waals surface area contributed by atoms with Gasteiger partial charge in [-0.15, -0.1) is 0 Å². The number of rotatable bonds is 2. The van der Waals surface area contributed by atoms with Gasteiger partial charge in [0.2, 0.25) is 5.83 Å². The molecular formula is C7H8F3NO3. The lowest BCUT2D eigenvalue weighted by Gasteiger charge is -2.08. The molecule has 0 unspecified atom stereocenters. The van der Waals surface area contributed by atoms with E-state index in [2.05, 4.69) is 4.74 Å². The van der Waals surface area contributed by atoms with E-state index in [9.17, 15) is 22.8 Å². The van der Waals surface area contributed by atoms with E-state index < -0.39 is 30.4 Å². The number of ether oxygens (including phenoxy) is 1. The minimum Gasteiger partial charge on any atom is -0.451 e. The van der Waals surface area contributed by atoms with Crippen LogP contribution in [0.3, 0.4) is 0 Å². The van der Waals surface area contributed by atoms with Crippen molar-refractivity contribution in [2.75, 3.05) is 20.7 Å². The lowest BCUT2D eigenvalue weighted by molar-refractivity contribution is -0.158. The second kappa shape index (κ2) is 5.25. The second-order valence-electron chi connectivity index (χ2n) is 2.44. The Kier molecular flexibility index (Phi) is 4.68. The van der Waals surface area contributed by atoms with E-state index in [1.165, 1.54) is 14.1 Å². The predicted molar refractivity (Wildman–Crippen MR) is 40.0 cm³/mol. The van der Waals surface area contributed by atoms with Crippen molar-refractivity contribution in [3.8, 4) is 0 Å². The Morgan fingerprint density at radius 1 is 1.21 bits per heavy atom. The van der Waals surface area contributed by atoms with Gasteiger partial charge in [0, 0.05) is 14.1 Å². The first-order valence-corrected chi connectivity index (χ1v) is 3.44. The maximum atomic E-state index is 12.1. The quantitative estimate of drug-likeness (QED) is 0.498. The van der Waals surface area contributed by atoms with E-state index in [1.807, 2.05) is 0 Å². The first kappa shape index (κ1) is 12.5. The highest BCUT2D eigenvalue weighted by Gasteiger charge is 2.18. The fraction of sp³-hybridized carbons (Fsp3) is 0.429. The van der Waals surface area contributed by atoms with Crippen LogP contribution in [0.2, 0.25) is 0 Å². The van der Waals surface area contributed by atoms with Crippen molar-refractivity contribution in [1.82, 2.24) is 4.90 Å². The highest BCUT2D eigenvalue weighted by Crippen LogP contribution is 2.08. The van der Waals surface area contributed by atoms with Crippen molar-refractivity contribution in [1.29, 1.82) is 0 Å². The molecule has 1 amide bonds. The van der Waals surface area contributed by atoms with Gasteiger partial charge in [-0.3, -0.25) is 4.79 Å². The summed E-state index contributed by atoms with van der Waals surface area (Å²) in [4.78, 5) is 22.3. The molecule has 4 nitrogen and oxygen atoms in total. The zero-order valence-electron chi connectivity index (χ0n) is 7.51. The Morgan fingerprint density at radius 2 is 1.71 bits per heavy atom. The number of likely N-dealkylation sites (N-methyl/N-ethyl adjacent to an activating group) is 1. The van der Waals surface area contributed by atoms with Gasteiger partial charge in [-0.25, -0.2) is 9.18 Å². The number of hydrogen-bond acceptors (Lipinski definition) is 3. The highest BCUT2D eigenvalue weighted by atomic mass is 19.3. The Balaban J connectivity index is 4.11. The molecule has 0 rings (SSSR count). The van der Waals surface area contributed by atoms with Gasteiger partial charge in [-0.1, -0.05) is 0 Å². The van der Waals surface area contributed by atoms with Crippen molar-refractivity contribution in [2.45, 2.75) is 0 Å². The SMILES string of the molecule is CN(C)C(=O)C(=O)OCC(F)=C(F)F. The zero-order chi connectivity index (χ0) is 11.3. The smallest absolute Gasteiger partial charge is 0.397 e. The molecule has 0 aliphatic heterocycles. The summed E-state index contributed by atoms with van der Waals surface area (Å²) < 4.78 is 38.9. The number of halogens is 3. The summed E-state index contributed by atoms with van der Waals surface area (Å²) >= 11 is 0. The van der Waals surface area contributed by atoms with Crippen molar-refractivity contribution < 1.29 is 27.5 Å². The molecular weight excluding hydrogens is 203 g/mol. The van der Waals surface area contributed by atoms with Crippen LogP contribution in [0, 0.1) is 0 Å². The van der Waals surface area contributed by atoms with E-state index in [4.69, 9.17) is 0 Å². The fourth-order valence-corrected chi connectivity index (χ4v) is 0.428. The van der Waals surface area contributed by atoms with E-state index >= 15 is 0 Å². The van der Waals surface area contributed by atoms with Crippen LogP contribution < -0.4 is 0 Å². The average Bonchev–Trinajstić information content (AvgIpc) is 2.11. The molecule has 0 N–H and O–H groups in total. The van der Waals surface area contributed by atoms with Gasteiger partial charge in [-0.2, -0.15) is 8.78 Å². The Morgan fingerprint density at radius 3 is 2.07 bits per heavy atom. The molecule has 0 aromatic rings. The van der Waals surface area contributed by atoms with Crippen molar-refractivity contribution >= 4 is 11.9 Å². The molecule has 0 aliphatic carbocycles. The van der Waals surface area contributed by atoms with Gasteiger partial charge in [0.05, 0.1) is 0 Å². The largest absolute Gasteiger partial charge is 0.451 e. The Labute approximate surface area is 77.9 Å². The molecule has 0 saturated carbocycles. The summed E-state index contributed by atoms with van der Waals surface area (Å²) in [7, 11) is 2.54. The third-order valence-electron chi connectivity index (χ3n) is 1.12. The number of hydrogen-bond donors (Lipinski definition) is 0. The van der Waals surface area contributed by atoms with E-state index in [0.29, 0.717) is 0 Å². The molecule has 0 heterocycles. The maximum Gasteiger partial charge on any atom is 0.397 e. The van der Waals surface area contributed by atoms with E-state index in [-0.39, 0.29) is 0 Å². The summed E-state index contributed by atoms with van der Waals surface area (Å²) in [6.45, 7) is -1.24. The topological polar surface area (TPSA) is 46.6 Å². The number of nitrogens with zero attached hydrogens (tertiary/aromatic N) is 1. The molecule has 0 spiro atoms. The third-order valence-corrected chi connectivity index (χ3v) is 1.12. The molecule has 7 heteroatoms. The van der Waals surface area contributed by atoms with Crippen LogP contribution in [0.1, 0.15) is 0 Å². The third kappa shape index (κ3) is 3.92. The lowest BCUT2D eigenvalue weighted by Crippen LogP contribution is -2.31. The summed E-state index contributed by atoms with van der Waals surface area (Å²) in [6, 6.07) is 0. The molecule has 14 heavy (non-hydrogen) atoms. The molecule has 0 aliphatic rings. The monoisotopic (exact) mass is 211 g/mol. The Hall–Kier alpha value is -1.53. The van der Waals surface area contributed by atoms with Crippen LogP contribution >= 0.6 is 0 Å². The van der Waals surface area contributed by atoms with Crippen molar-refractivity contribution in [3.63, 3.8) is 0 Å². The molecule has 0 fully saturated rings. The number of carbonyl (C=O) groups is 2. The van der Waals surface area contributed by atoms with Gasteiger partial charge in [0.1, 0.15) is 6.61 Å². The molecule has 0 radical (unpaired) electrons. The molecule has 80 valence electrons. The molecule has 0 bridgehead atoms. The average molecular weight is 211 g/mol. The van der Waals surface area contributed by atoms with Crippen molar-refractivity contribution in [2.24, 2.45) is 0 Å². The molecule has 0 aromatic carbocycles. The summed E-state index contributed by atoms with van der Waals surface area (Å²) in [5.41, 5.74) is 0. The fourth-order valence-electron chi connectivity index (χ4n) is 0.428. The van der Waals surface area contributed by atoms with Gasteiger partial charge < -0.3 is 9.64 Å². The molecule has 0 aromatic heterocycles. The van der Waals surface area contributed by atoms with E-state index in [0.717, 1.165) is 4.90 Å². The Bertz CT molecular complexity index is 271. The number of carbonyl (C=O) groups excluding carboxylic acids is 2. The van der Waals surface area contributed by atoms with Crippen molar-refractivity contribution in [3.05, 3.63) is 11.9 Å². The number of esters is 1. The predicted octanol–water partition coefficient (Wildman–Crippen LogP) is 0.695. The highest BCUT2D eigenvalue weighted by molar-refractivity contribution is 6.32. The van der Waals surface area contributed by atoms with Crippen LogP contribution in [-0.4, -0.2) is 37.5 Å². The van der Waals surface area contributed by atoms with Crippen LogP contribution in [0.5, 0.6) is 0 Å².